The second-order valence-corrected chi connectivity index (χ2v) is 5.72. The Balaban J connectivity index is 2.24. The van der Waals surface area contributed by atoms with Crippen molar-refractivity contribution in [2.24, 2.45) is 7.05 Å². The Morgan fingerprint density at radius 3 is 2.52 bits per heavy atom. The molecule has 0 bridgehead atoms. The first-order chi connectivity index (χ1) is 9.99. The summed E-state index contributed by atoms with van der Waals surface area (Å²) in [5.74, 6) is 2.26. The zero-order chi connectivity index (χ0) is 15.1. The number of anilines is 1. The second kappa shape index (κ2) is 4.87. The molecule has 21 heavy (non-hydrogen) atoms. The molecule has 1 unspecified atom stereocenters. The first-order valence-corrected chi connectivity index (χ1v) is 7.10. The van der Waals surface area contributed by atoms with Crippen LogP contribution >= 0.6 is 0 Å². The van der Waals surface area contributed by atoms with E-state index < -0.39 is 0 Å². The summed E-state index contributed by atoms with van der Waals surface area (Å²) in [6.45, 7) is 6.41. The van der Waals surface area contributed by atoms with Gasteiger partial charge >= 0.3 is 0 Å². The molecule has 0 amide bonds. The summed E-state index contributed by atoms with van der Waals surface area (Å²) in [5, 5.41) is 8.22. The van der Waals surface area contributed by atoms with E-state index in [1.165, 1.54) is 0 Å². The van der Waals surface area contributed by atoms with Gasteiger partial charge in [0.1, 0.15) is 12.2 Å². The number of fused-ring (bicyclic) bond motifs is 1. The standard InChI is InChI=1S/C15H20N6/c1-9(2)14-18-12-7-11(16)5-6-13(12)21(14)10(3)15-19-17-8-20(15)4/h5-10H,16H2,1-4H3. The van der Waals surface area contributed by atoms with Crippen molar-refractivity contribution >= 4 is 16.7 Å². The molecule has 2 aromatic heterocycles. The van der Waals surface area contributed by atoms with Gasteiger partial charge in [-0.3, -0.25) is 0 Å². The molecule has 0 aliphatic rings. The molecule has 0 fully saturated rings. The Morgan fingerprint density at radius 1 is 1.14 bits per heavy atom. The maximum atomic E-state index is 5.88. The van der Waals surface area contributed by atoms with Gasteiger partial charge in [0.15, 0.2) is 5.82 Å². The van der Waals surface area contributed by atoms with Crippen molar-refractivity contribution in [3.8, 4) is 0 Å². The van der Waals surface area contributed by atoms with Crippen LogP contribution in [0.1, 0.15) is 44.4 Å². The number of aromatic nitrogens is 5. The molecule has 0 saturated heterocycles. The maximum absolute atomic E-state index is 5.88. The molecular formula is C15H20N6. The third kappa shape index (κ3) is 2.16. The van der Waals surface area contributed by atoms with E-state index in [1.807, 2.05) is 29.8 Å². The van der Waals surface area contributed by atoms with Gasteiger partial charge in [0, 0.05) is 18.7 Å². The quantitative estimate of drug-likeness (QED) is 0.750. The van der Waals surface area contributed by atoms with Crippen molar-refractivity contribution < 1.29 is 0 Å². The van der Waals surface area contributed by atoms with Crippen LogP contribution in [-0.4, -0.2) is 24.3 Å². The summed E-state index contributed by atoms with van der Waals surface area (Å²) < 4.78 is 4.17. The lowest BCUT2D eigenvalue weighted by atomic mass is 10.2. The van der Waals surface area contributed by atoms with Crippen LogP contribution < -0.4 is 5.73 Å². The molecule has 0 spiro atoms. The van der Waals surface area contributed by atoms with Gasteiger partial charge in [0.25, 0.3) is 0 Å². The van der Waals surface area contributed by atoms with E-state index >= 15 is 0 Å². The topological polar surface area (TPSA) is 74.6 Å². The fourth-order valence-corrected chi connectivity index (χ4v) is 2.73. The van der Waals surface area contributed by atoms with Gasteiger partial charge in [0.2, 0.25) is 0 Å². The van der Waals surface area contributed by atoms with Crippen LogP contribution in [0.3, 0.4) is 0 Å². The van der Waals surface area contributed by atoms with Gasteiger partial charge in [-0.05, 0) is 25.1 Å². The van der Waals surface area contributed by atoms with Crippen LogP contribution in [0.5, 0.6) is 0 Å². The number of hydrogen-bond donors (Lipinski definition) is 1. The van der Waals surface area contributed by atoms with E-state index in [0.717, 1.165) is 28.4 Å². The van der Waals surface area contributed by atoms with Gasteiger partial charge in [0.05, 0.1) is 17.1 Å². The number of nitrogen functional groups attached to an aromatic ring is 1. The van der Waals surface area contributed by atoms with Gasteiger partial charge in [-0.25, -0.2) is 4.98 Å². The third-order valence-corrected chi connectivity index (χ3v) is 3.76. The van der Waals surface area contributed by atoms with Gasteiger partial charge in [-0.15, -0.1) is 10.2 Å². The lowest BCUT2D eigenvalue weighted by Gasteiger charge is -2.18. The zero-order valence-corrected chi connectivity index (χ0v) is 12.8. The van der Waals surface area contributed by atoms with Crippen LogP contribution in [0.2, 0.25) is 0 Å². The summed E-state index contributed by atoms with van der Waals surface area (Å²) in [6, 6.07) is 5.91. The molecule has 0 aliphatic heterocycles. The van der Waals surface area contributed by atoms with Crippen molar-refractivity contribution in [1.29, 1.82) is 0 Å². The predicted octanol–water partition coefficient (Wildman–Crippen LogP) is 2.48. The molecule has 3 rings (SSSR count). The molecule has 1 atom stereocenters. The Bertz CT molecular complexity index is 783. The van der Waals surface area contributed by atoms with Crippen molar-refractivity contribution in [2.45, 2.75) is 32.7 Å². The predicted molar refractivity (Wildman–Crippen MR) is 83.1 cm³/mol. The van der Waals surface area contributed by atoms with E-state index in [1.54, 1.807) is 6.33 Å². The van der Waals surface area contributed by atoms with Crippen LogP contribution in [0, 0.1) is 0 Å². The van der Waals surface area contributed by atoms with Crippen molar-refractivity contribution in [1.82, 2.24) is 24.3 Å². The Hall–Kier alpha value is -2.37. The van der Waals surface area contributed by atoms with E-state index in [0.29, 0.717) is 5.92 Å². The Labute approximate surface area is 123 Å². The molecule has 6 nitrogen and oxygen atoms in total. The van der Waals surface area contributed by atoms with Crippen molar-refractivity contribution in [3.63, 3.8) is 0 Å². The van der Waals surface area contributed by atoms with Gasteiger partial charge in [-0.1, -0.05) is 13.8 Å². The van der Waals surface area contributed by atoms with Crippen LogP contribution in [0.4, 0.5) is 5.69 Å². The average molecular weight is 284 g/mol. The lowest BCUT2D eigenvalue weighted by molar-refractivity contribution is 0.548. The molecule has 110 valence electrons. The number of rotatable bonds is 3. The summed E-state index contributed by atoms with van der Waals surface area (Å²) in [7, 11) is 1.96. The highest BCUT2D eigenvalue weighted by Crippen LogP contribution is 2.29. The maximum Gasteiger partial charge on any atom is 0.155 e. The number of nitrogens with zero attached hydrogens (tertiary/aromatic N) is 5. The number of aryl methyl sites for hydroxylation is 1. The highest BCUT2D eigenvalue weighted by Gasteiger charge is 2.22. The summed E-state index contributed by atoms with van der Waals surface area (Å²) >= 11 is 0. The minimum atomic E-state index is 0.0588. The molecule has 0 radical (unpaired) electrons. The molecule has 0 saturated carbocycles. The number of imidazole rings is 1. The van der Waals surface area contributed by atoms with E-state index in [2.05, 4.69) is 35.5 Å². The monoisotopic (exact) mass is 284 g/mol. The highest BCUT2D eigenvalue weighted by atomic mass is 15.3. The second-order valence-electron chi connectivity index (χ2n) is 5.72. The molecule has 2 heterocycles. The van der Waals surface area contributed by atoms with E-state index in [4.69, 9.17) is 10.7 Å². The fourth-order valence-electron chi connectivity index (χ4n) is 2.73. The Kier molecular flexibility index (Phi) is 3.16. The fraction of sp³-hybridized carbons (Fsp3) is 0.400. The van der Waals surface area contributed by atoms with Crippen molar-refractivity contribution in [3.05, 3.63) is 36.2 Å². The summed E-state index contributed by atoms with van der Waals surface area (Å²) in [5.41, 5.74) is 8.61. The number of nitrogens with two attached hydrogens (primary N) is 1. The third-order valence-electron chi connectivity index (χ3n) is 3.76. The minimum absolute atomic E-state index is 0.0588. The zero-order valence-electron chi connectivity index (χ0n) is 12.8. The normalized spacial score (nSPS) is 13.2. The molecule has 1 aromatic carbocycles. The number of benzene rings is 1. The number of hydrogen-bond acceptors (Lipinski definition) is 4. The molecular weight excluding hydrogens is 264 g/mol. The minimum Gasteiger partial charge on any atom is -0.399 e. The van der Waals surface area contributed by atoms with Gasteiger partial charge < -0.3 is 14.9 Å². The molecule has 3 aromatic rings. The van der Waals surface area contributed by atoms with Crippen LogP contribution in [-0.2, 0) is 7.05 Å². The van der Waals surface area contributed by atoms with Crippen molar-refractivity contribution in [2.75, 3.05) is 5.73 Å². The molecule has 2 N–H and O–H groups in total. The smallest absolute Gasteiger partial charge is 0.155 e. The highest BCUT2D eigenvalue weighted by molar-refractivity contribution is 5.80. The first kappa shape index (κ1) is 13.6. The molecule has 0 aliphatic carbocycles. The first-order valence-electron chi connectivity index (χ1n) is 7.10. The Morgan fingerprint density at radius 2 is 1.90 bits per heavy atom. The lowest BCUT2D eigenvalue weighted by Crippen LogP contribution is -2.15. The summed E-state index contributed by atoms with van der Waals surface area (Å²) in [6.07, 6.45) is 1.72. The summed E-state index contributed by atoms with van der Waals surface area (Å²) in [4.78, 5) is 4.76. The van der Waals surface area contributed by atoms with Crippen LogP contribution in [0.15, 0.2) is 24.5 Å². The van der Waals surface area contributed by atoms with E-state index in [9.17, 15) is 0 Å². The SMILES string of the molecule is CC(C)c1nc2cc(N)ccc2n1C(C)c1nncn1C. The largest absolute Gasteiger partial charge is 0.399 e. The van der Waals surface area contributed by atoms with E-state index in [-0.39, 0.29) is 6.04 Å². The van der Waals surface area contributed by atoms with Crippen LogP contribution in [0.25, 0.3) is 11.0 Å². The van der Waals surface area contributed by atoms with Gasteiger partial charge in [-0.2, -0.15) is 0 Å². The molecule has 6 heteroatoms. The average Bonchev–Trinajstić information content (AvgIpc) is 3.01.